The lowest BCUT2D eigenvalue weighted by molar-refractivity contribution is -0.136. The van der Waals surface area contributed by atoms with Crippen LogP contribution in [-0.4, -0.2) is 36.0 Å². The van der Waals surface area contributed by atoms with Gasteiger partial charge in [-0.05, 0) is 39.2 Å². The molecule has 15 heavy (non-hydrogen) atoms. The molecule has 1 N–H and O–H groups in total. The Labute approximate surface area is 92.2 Å². The Kier molecular flexibility index (Phi) is 3.29. The largest absolute Gasteiger partial charge is 0.339 e. The number of likely N-dealkylation sites (tertiary alicyclic amines) is 1. The van der Waals surface area contributed by atoms with Crippen molar-refractivity contribution in [3.63, 3.8) is 0 Å². The standard InChI is InChI=1S/C12H22N2O/c1-3-10-5-4-8-14(10)12(15)11-6-7-13-9(11)2/h9-11,13H,3-8H2,1-2H3. The maximum absolute atomic E-state index is 12.3. The van der Waals surface area contributed by atoms with Gasteiger partial charge in [0.2, 0.25) is 5.91 Å². The third-order valence-electron chi connectivity index (χ3n) is 3.97. The van der Waals surface area contributed by atoms with E-state index in [1.807, 2.05) is 0 Å². The van der Waals surface area contributed by atoms with Gasteiger partial charge in [-0.3, -0.25) is 4.79 Å². The molecule has 2 aliphatic heterocycles. The predicted octanol–water partition coefficient (Wildman–Crippen LogP) is 1.39. The lowest BCUT2D eigenvalue weighted by Gasteiger charge is -2.28. The van der Waals surface area contributed by atoms with Gasteiger partial charge in [0.25, 0.3) is 0 Å². The maximum Gasteiger partial charge on any atom is 0.227 e. The van der Waals surface area contributed by atoms with Gasteiger partial charge >= 0.3 is 0 Å². The van der Waals surface area contributed by atoms with Crippen molar-refractivity contribution in [1.29, 1.82) is 0 Å². The van der Waals surface area contributed by atoms with Crippen LogP contribution in [-0.2, 0) is 4.79 Å². The second-order valence-corrected chi connectivity index (χ2v) is 4.87. The lowest BCUT2D eigenvalue weighted by Crippen LogP contribution is -2.42. The molecule has 86 valence electrons. The van der Waals surface area contributed by atoms with Gasteiger partial charge in [0.15, 0.2) is 0 Å². The zero-order valence-electron chi connectivity index (χ0n) is 9.83. The first kappa shape index (κ1) is 10.9. The van der Waals surface area contributed by atoms with Crippen molar-refractivity contribution in [2.24, 2.45) is 5.92 Å². The molecular weight excluding hydrogens is 188 g/mol. The van der Waals surface area contributed by atoms with Crippen LogP contribution >= 0.6 is 0 Å². The summed E-state index contributed by atoms with van der Waals surface area (Å²) in [5.74, 6) is 0.633. The van der Waals surface area contributed by atoms with Crippen LogP contribution in [0.15, 0.2) is 0 Å². The first-order valence-corrected chi connectivity index (χ1v) is 6.28. The first-order chi connectivity index (χ1) is 7.24. The lowest BCUT2D eigenvalue weighted by atomic mass is 9.99. The molecule has 2 heterocycles. The third-order valence-corrected chi connectivity index (χ3v) is 3.97. The summed E-state index contributed by atoms with van der Waals surface area (Å²) in [6, 6.07) is 0.890. The average molecular weight is 210 g/mol. The van der Waals surface area contributed by atoms with Gasteiger partial charge in [-0.2, -0.15) is 0 Å². The minimum atomic E-state index is 0.233. The SMILES string of the molecule is CCC1CCCN1C(=O)C1CCNC1C. The number of hydrogen-bond acceptors (Lipinski definition) is 2. The molecule has 3 heteroatoms. The maximum atomic E-state index is 12.3. The molecule has 2 rings (SSSR count). The molecule has 0 radical (unpaired) electrons. The molecule has 0 spiro atoms. The zero-order valence-corrected chi connectivity index (χ0v) is 9.83. The predicted molar refractivity (Wildman–Crippen MR) is 60.6 cm³/mol. The number of hydrogen-bond donors (Lipinski definition) is 1. The minimum Gasteiger partial charge on any atom is -0.339 e. The second kappa shape index (κ2) is 4.52. The Morgan fingerprint density at radius 2 is 2.27 bits per heavy atom. The van der Waals surface area contributed by atoms with E-state index in [2.05, 4.69) is 24.1 Å². The van der Waals surface area contributed by atoms with Crippen LogP contribution in [0.1, 0.15) is 39.5 Å². The first-order valence-electron chi connectivity index (χ1n) is 6.28. The van der Waals surface area contributed by atoms with Crippen molar-refractivity contribution >= 4 is 5.91 Å². The Morgan fingerprint density at radius 3 is 2.87 bits per heavy atom. The van der Waals surface area contributed by atoms with Gasteiger partial charge in [0.1, 0.15) is 0 Å². The highest BCUT2D eigenvalue weighted by molar-refractivity contribution is 5.80. The molecule has 2 saturated heterocycles. The monoisotopic (exact) mass is 210 g/mol. The Morgan fingerprint density at radius 1 is 1.47 bits per heavy atom. The molecule has 0 bridgehead atoms. The van der Waals surface area contributed by atoms with Gasteiger partial charge in [-0.1, -0.05) is 6.92 Å². The Balaban J connectivity index is 2.00. The molecule has 3 nitrogen and oxygen atoms in total. The van der Waals surface area contributed by atoms with E-state index in [0.29, 0.717) is 18.0 Å². The Bertz CT molecular complexity index is 242. The number of nitrogens with zero attached hydrogens (tertiary/aromatic N) is 1. The molecule has 0 aromatic rings. The molecule has 0 aromatic heterocycles. The quantitative estimate of drug-likeness (QED) is 0.747. The minimum absolute atomic E-state index is 0.233. The van der Waals surface area contributed by atoms with E-state index in [9.17, 15) is 4.79 Å². The van der Waals surface area contributed by atoms with Crippen molar-refractivity contribution in [1.82, 2.24) is 10.2 Å². The van der Waals surface area contributed by atoms with Crippen molar-refractivity contribution in [3.8, 4) is 0 Å². The van der Waals surface area contributed by atoms with Crippen molar-refractivity contribution in [3.05, 3.63) is 0 Å². The second-order valence-electron chi connectivity index (χ2n) is 4.87. The summed E-state index contributed by atoms with van der Waals surface area (Å²) in [6.07, 6.45) is 4.53. The van der Waals surface area contributed by atoms with Crippen LogP contribution in [0.5, 0.6) is 0 Å². The summed E-state index contributed by atoms with van der Waals surface area (Å²) in [7, 11) is 0. The van der Waals surface area contributed by atoms with Gasteiger partial charge in [0.05, 0.1) is 5.92 Å². The molecule has 0 aliphatic carbocycles. The summed E-state index contributed by atoms with van der Waals surface area (Å²) in [5.41, 5.74) is 0. The van der Waals surface area contributed by atoms with Crippen LogP contribution in [0, 0.1) is 5.92 Å². The number of rotatable bonds is 2. The molecule has 1 amide bonds. The summed E-state index contributed by atoms with van der Waals surface area (Å²) < 4.78 is 0. The van der Waals surface area contributed by atoms with E-state index in [-0.39, 0.29) is 5.92 Å². The highest BCUT2D eigenvalue weighted by atomic mass is 16.2. The molecule has 3 unspecified atom stereocenters. The van der Waals surface area contributed by atoms with Gasteiger partial charge in [0, 0.05) is 18.6 Å². The van der Waals surface area contributed by atoms with Crippen molar-refractivity contribution < 1.29 is 4.79 Å². The fourth-order valence-corrected chi connectivity index (χ4v) is 2.96. The number of carbonyl (C=O) groups is 1. The topological polar surface area (TPSA) is 32.3 Å². The van der Waals surface area contributed by atoms with Crippen LogP contribution in [0.3, 0.4) is 0 Å². The molecular formula is C12H22N2O. The van der Waals surface area contributed by atoms with Crippen molar-refractivity contribution in [2.75, 3.05) is 13.1 Å². The van der Waals surface area contributed by atoms with Crippen LogP contribution in [0.25, 0.3) is 0 Å². The zero-order chi connectivity index (χ0) is 10.8. The van der Waals surface area contributed by atoms with E-state index in [4.69, 9.17) is 0 Å². The number of nitrogens with one attached hydrogen (secondary N) is 1. The van der Waals surface area contributed by atoms with Crippen molar-refractivity contribution in [2.45, 2.75) is 51.6 Å². The van der Waals surface area contributed by atoms with Crippen LogP contribution in [0.4, 0.5) is 0 Å². The van der Waals surface area contributed by atoms with Gasteiger partial charge in [-0.15, -0.1) is 0 Å². The molecule has 2 aliphatic rings. The van der Waals surface area contributed by atoms with E-state index in [1.54, 1.807) is 0 Å². The van der Waals surface area contributed by atoms with Gasteiger partial charge in [-0.25, -0.2) is 0 Å². The van der Waals surface area contributed by atoms with E-state index < -0.39 is 0 Å². The highest BCUT2D eigenvalue weighted by Gasteiger charge is 2.36. The molecule has 3 atom stereocenters. The van der Waals surface area contributed by atoms with Crippen LogP contribution < -0.4 is 5.32 Å². The molecule has 2 fully saturated rings. The van der Waals surface area contributed by atoms with Crippen LogP contribution in [0.2, 0.25) is 0 Å². The summed E-state index contributed by atoms with van der Waals surface area (Å²) >= 11 is 0. The summed E-state index contributed by atoms with van der Waals surface area (Å²) in [5, 5.41) is 3.36. The van der Waals surface area contributed by atoms with E-state index >= 15 is 0 Å². The fourth-order valence-electron chi connectivity index (χ4n) is 2.96. The van der Waals surface area contributed by atoms with Gasteiger partial charge < -0.3 is 10.2 Å². The van der Waals surface area contributed by atoms with E-state index in [1.165, 1.54) is 12.8 Å². The van der Waals surface area contributed by atoms with E-state index in [0.717, 1.165) is 25.9 Å². The summed E-state index contributed by atoms with van der Waals surface area (Å²) in [6.45, 7) is 6.31. The Hall–Kier alpha value is -0.570. The smallest absolute Gasteiger partial charge is 0.227 e. The summed E-state index contributed by atoms with van der Waals surface area (Å²) in [4.78, 5) is 14.4. The highest BCUT2D eigenvalue weighted by Crippen LogP contribution is 2.25. The number of amides is 1. The average Bonchev–Trinajstić information content (AvgIpc) is 2.84. The molecule has 0 aromatic carbocycles. The third kappa shape index (κ3) is 2.03. The molecule has 0 saturated carbocycles. The number of carbonyl (C=O) groups excluding carboxylic acids is 1. The normalized spacial score (nSPS) is 36.1. The fraction of sp³-hybridized carbons (Fsp3) is 0.917.